The minimum absolute atomic E-state index is 0. The second-order valence-electron chi connectivity index (χ2n) is 7.71. The third-order valence-electron chi connectivity index (χ3n) is 6.25. The molecule has 1 aromatic carbocycles. The molecule has 2 bridgehead atoms. The van der Waals surface area contributed by atoms with Crippen molar-refractivity contribution in [3.05, 3.63) is 33.8 Å². The summed E-state index contributed by atoms with van der Waals surface area (Å²) in [4.78, 5) is 29.3. The van der Waals surface area contributed by atoms with Gasteiger partial charge in [-0.15, -0.1) is 12.4 Å². The monoisotopic (exact) mass is 431 g/mol. The van der Waals surface area contributed by atoms with Crippen molar-refractivity contribution in [1.29, 1.82) is 0 Å². The molecule has 0 radical (unpaired) electrons. The second-order valence-corrected chi connectivity index (χ2v) is 8.58. The van der Waals surface area contributed by atoms with Crippen molar-refractivity contribution in [1.82, 2.24) is 9.80 Å². The van der Waals surface area contributed by atoms with Crippen LogP contribution < -0.4 is 5.73 Å². The van der Waals surface area contributed by atoms with Crippen LogP contribution in [0.25, 0.3) is 0 Å². The van der Waals surface area contributed by atoms with Crippen LogP contribution in [-0.4, -0.2) is 53.8 Å². The highest BCUT2D eigenvalue weighted by atomic mass is 35.5. The van der Waals surface area contributed by atoms with E-state index in [0.717, 1.165) is 12.8 Å². The first-order valence-corrected chi connectivity index (χ1v) is 9.99. The first-order valence-electron chi connectivity index (χ1n) is 9.24. The zero-order valence-corrected chi connectivity index (χ0v) is 17.3. The van der Waals surface area contributed by atoms with E-state index in [1.807, 2.05) is 4.90 Å². The molecule has 5 nitrogen and oxygen atoms in total. The summed E-state index contributed by atoms with van der Waals surface area (Å²) < 4.78 is 0. The molecule has 4 unspecified atom stereocenters. The lowest BCUT2D eigenvalue weighted by Crippen LogP contribution is -2.54. The summed E-state index contributed by atoms with van der Waals surface area (Å²) in [6.45, 7) is 2.15. The van der Waals surface area contributed by atoms with Crippen molar-refractivity contribution in [2.75, 3.05) is 26.2 Å². The van der Waals surface area contributed by atoms with Crippen LogP contribution >= 0.6 is 35.6 Å². The number of fused-ring (bicyclic) bond motifs is 2. The van der Waals surface area contributed by atoms with Gasteiger partial charge in [0.25, 0.3) is 5.91 Å². The normalized spacial score (nSPS) is 29.6. The molecular weight excluding hydrogens is 409 g/mol. The fraction of sp³-hybridized carbons (Fsp3) is 0.579. The maximum Gasteiger partial charge on any atom is 0.254 e. The summed E-state index contributed by atoms with van der Waals surface area (Å²) in [5.74, 6) is 1.03. The highest BCUT2D eigenvalue weighted by Gasteiger charge is 2.50. The van der Waals surface area contributed by atoms with Crippen molar-refractivity contribution in [3.8, 4) is 0 Å². The average Bonchev–Trinajstić information content (AvgIpc) is 3.21. The maximum atomic E-state index is 12.9. The van der Waals surface area contributed by atoms with Crippen LogP contribution in [0.3, 0.4) is 0 Å². The highest BCUT2D eigenvalue weighted by Crippen LogP contribution is 2.48. The molecule has 0 spiro atoms. The molecule has 2 amide bonds. The van der Waals surface area contributed by atoms with Gasteiger partial charge in [0, 0.05) is 47.8 Å². The minimum atomic E-state index is -0.0990. The van der Waals surface area contributed by atoms with E-state index < -0.39 is 0 Å². The molecule has 2 N–H and O–H groups in total. The molecule has 1 saturated heterocycles. The van der Waals surface area contributed by atoms with Gasteiger partial charge >= 0.3 is 0 Å². The molecular formula is C19H24Cl3N3O2. The predicted molar refractivity (Wildman–Crippen MR) is 108 cm³/mol. The van der Waals surface area contributed by atoms with E-state index in [-0.39, 0.29) is 36.2 Å². The van der Waals surface area contributed by atoms with Crippen LogP contribution in [0.5, 0.6) is 0 Å². The lowest BCUT2D eigenvalue weighted by Gasteiger charge is -2.38. The fourth-order valence-electron chi connectivity index (χ4n) is 4.90. The molecule has 8 heteroatoms. The first-order chi connectivity index (χ1) is 12.4. The van der Waals surface area contributed by atoms with Gasteiger partial charge in [0.1, 0.15) is 0 Å². The zero-order chi connectivity index (χ0) is 18.4. The molecule has 2 aliphatic carbocycles. The van der Waals surface area contributed by atoms with E-state index in [4.69, 9.17) is 28.9 Å². The van der Waals surface area contributed by atoms with Crippen LogP contribution in [-0.2, 0) is 4.79 Å². The summed E-state index contributed by atoms with van der Waals surface area (Å²) in [5.41, 5.74) is 6.80. The van der Waals surface area contributed by atoms with Gasteiger partial charge in [0.15, 0.2) is 0 Å². The van der Waals surface area contributed by atoms with Crippen LogP contribution in [0.2, 0.25) is 10.0 Å². The lowest BCUT2D eigenvalue weighted by atomic mass is 9.84. The number of amides is 2. The number of carbonyl (C=O) groups is 2. The Bertz CT molecular complexity index is 715. The van der Waals surface area contributed by atoms with Crippen molar-refractivity contribution >= 4 is 47.4 Å². The highest BCUT2D eigenvalue weighted by molar-refractivity contribution is 6.35. The Morgan fingerprint density at radius 1 is 0.926 bits per heavy atom. The molecule has 0 aromatic heterocycles. The Hall–Kier alpha value is -1.01. The fourth-order valence-corrected chi connectivity index (χ4v) is 5.43. The Labute approximate surface area is 175 Å². The summed E-state index contributed by atoms with van der Waals surface area (Å²) in [5, 5.41) is 0.889. The molecule has 3 fully saturated rings. The number of hydrogen-bond acceptors (Lipinski definition) is 3. The third-order valence-corrected chi connectivity index (χ3v) is 6.69. The molecule has 27 heavy (non-hydrogen) atoms. The first kappa shape index (κ1) is 20.7. The van der Waals surface area contributed by atoms with Gasteiger partial charge in [-0.05, 0) is 49.3 Å². The van der Waals surface area contributed by atoms with E-state index in [9.17, 15) is 9.59 Å². The summed E-state index contributed by atoms with van der Waals surface area (Å²) >= 11 is 12.0. The molecule has 3 aliphatic rings. The van der Waals surface area contributed by atoms with Crippen LogP contribution in [0, 0.1) is 17.8 Å². The number of halogens is 3. The Balaban J connectivity index is 0.00000210. The molecule has 1 aliphatic heterocycles. The van der Waals surface area contributed by atoms with Crippen molar-refractivity contribution in [3.63, 3.8) is 0 Å². The van der Waals surface area contributed by atoms with Gasteiger partial charge in [-0.1, -0.05) is 23.2 Å². The number of benzene rings is 1. The standard InChI is InChI=1S/C19H23Cl2N3O2.ClH/c20-14-8-13(9-15(21)10-14)18(25)23-3-5-24(6-4-23)19(26)16-11-1-2-12(7-11)17(16)22;/h8-12,16-17H,1-7,22H2;1H. The Morgan fingerprint density at radius 2 is 1.48 bits per heavy atom. The van der Waals surface area contributed by atoms with Gasteiger partial charge < -0.3 is 15.5 Å². The van der Waals surface area contributed by atoms with Crippen molar-refractivity contribution in [2.24, 2.45) is 23.5 Å². The second kappa shape index (κ2) is 8.16. The molecule has 148 valence electrons. The molecule has 4 rings (SSSR count). The van der Waals surface area contributed by atoms with E-state index in [1.165, 1.54) is 6.42 Å². The molecule has 1 aromatic rings. The quantitative estimate of drug-likeness (QED) is 0.781. The van der Waals surface area contributed by atoms with Crippen LogP contribution in [0.15, 0.2) is 18.2 Å². The van der Waals surface area contributed by atoms with E-state index in [2.05, 4.69) is 0 Å². The van der Waals surface area contributed by atoms with Gasteiger partial charge in [0.2, 0.25) is 5.91 Å². The topological polar surface area (TPSA) is 66.6 Å². The Morgan fingerprint density at radius 3 is 2.04 bits per heavy atom. The molecule has 2 saturated carbocycles. The summed E-state index contributed by atoms with van der Waals surface area (Å²) in [7, 11) is 0. The van der Waals surface area contributed by atoms with Crippen molar-refractivity contribution < 1.29 is 9.59 Å². The number of rotatable bonds is 2. The van der Waals surface area contributed by atoms with Crippen LogP contribution in [0.4, 0.5) is 0 Å². The van der Waals surface area contributed by atoms with Gasteiger partial charge in [-0.2, -0.15) is 0 Å². The van der Waals surface area contributed by atoms with Gasteiger partial charge in [-0.25, -0.2) is 0 Å². The lowest BCUT2D eigenvalue weighted by molar-refractivity contribution is -0.139. The zero-order valence-electron chi connectivity index (χ0n) is 14.9. The molecule has 1 heterocycles. The van der Waals surface area contributed by atoms with Gasteiger partial charge in [0.05, 0.1) is 5.92 Å². The largest absolute Gasteiger partial charge is 0.339 e. The predicted octanol–water partition coefficient (Wildman–Crippen LogP) is 3.07. The summed E-state index contributed by atoms with van der Waals surface area (Å²) in [6, 6.07) is 4.87. The number of nitrogens with zero attached hydrogens (tertiary/aromatic N) is 2. The number of piperazine rings is 1. The smallest absolute Gasteiger partial charge is 0.254 e. The van der Waals surface area contributed by atoms with Crippen molar-refractivity contribution in [2.45, 2.75) is 25.3 Å². The Kier molecular flexibility index (Phi) is 6.26. The third kappa shape index (κ3) is 3.93. The average molecular weight is 433 g/mol. The van der Waals surface area contributed by atoms with E-state index in [1.54, 1.807) is 23.1 Å². The van der Waals surface area contributed by atoms with Crippen LogP contribution in [0.1, 0.15) is 29.6 Å². The van der Waals surface area contributed by atoms with E-state index in [0.29, 0.717) is 53.6 Å². The number of nitrogens with two attached hydrogens (primary N) is 1. The number of hydrogen-bond donors (Lipinski definition) is 1. The maximum absolute atomic E-state index is 12.9. The number of carbonyl (C=O) groups excluding carboxylic acids is 2. The summed E-state index contributed by atoms with van der Waals surface area (Å²) in [6.07, 6.45) is 3.40. The SMILES string of the molecule is Cl.NC1C2CCC(C2)C1C(=O)N1CCN(C(=O)c2cc(Cl)cc(Cl)c2)CC1. The van der Waals surface area contributed by atoms with Gasteiger partial charge in [-0.3, -0.25) is 9.59 Å². The minimum Gasteiger partial charge on any atom is -0.339 e. The van der Waals surface area contributed by atoms with E-state index >= 15 is 0 Å². The molecule has 4 atom stereocenters.